The Balaban J connectivity index is 1.77. The smallest absolute Gasteiger partial charge is 0.123 e. The molecule has 0 bridgehead atoms. The first kappa shape index (κ1) is 12.9. The van der Waals surface area contributed by atoms with Crippen molar-refractivity contribution in [3.05, 3.63) is 71.2 Å². The van der Waals surface area contributed by atoms with Gasteiger partial charge in [0.15, 0.2) is 0 Å². The van der Waals surface area contributed by atoms with E-state index in [0.29, 0.717) is 0 Å². The number of hydrogen-bond donors (Lipinski definition) is 0. The standard InChI is InChI=1S/C17H15NOS/c1-19-15-9-7-13(8-10-15)11-16-12-18-17(20-16)14-5-3-2-4-6-14/h2-10,12H,11H2,1H3. The van der Waals surface area contributed by atoms with Crippen LogP contribution in [0.2, 0.25) is 0 Å². The second kappa shape index (κ2) is 5.88. The minimum absolute atomic E-state index is 0.892. The molecule has 0 atom stereocenters. The first-order chi connectivity index (χ1) is 9.85. The highest BCUT2D eigenvalue weighted by Gasteiger charge is 2.05. The Bertz CT molecular complexity index is 674. The molecular weight excluding hydrogens is 266 g/mol. The zero-order chi connectivity index (χ0) is 13.8. The van der Waals surface area contributed by atoms with Crippen LogP contribution in [-0.2, 0) is 6.42 Å². The third kappa shape index (κ3) is 2.89. The Labute approximate surface area is 122 Å². The van der Waals surface area contributed by atoms with E-state index in [4.69, 9.17) is 4.74 Å². The quantitative estimate of drug-likeness (QED) is 0.706. The molecule has 3 rings (SSSR count). The van der Waals surface area contributed by atoms with Gasteiger partial charge in [-0.05, 0) is 17.7 Å². The molecule has 20 heavy (non-hydrogen) atoms. The van der Waals surface area contributed by atoms with Gasteiger partial charge >= 0.3 is 0 Å². The maximum absolute atomic E-state index is 5.17. The summed E-state index contributed by atoms with van der Waals surface area (Å²) in [7, 11) is 1.68. The fourth-order valence-corrected chi connectivity index (χ4v) is 3.00. The van der Waals surface area contributed by atoms with Crippen molar-refractivity contribution in [2.75, 3.05) is 7.11 Å². The van der Waals surface area contributed by atoms with Crippen molar-refractivity contribution in [3.8, 4) is 16.3 Å². The molecule has 0 aliphatic heterocycles. The van der Waals surface area contributed by atoms with Crippen molar-refractivity contribution < 1.29 is 4.74 Å². The molecule has 0 aliphatic rings. The van der Waals surface area contributed by atoms with Crippen molar-refractivity contribution in [2.24, 2.45) is 0 Å². The number of nitrogens with zero attached hydrogens (tertiary/aromatic N) is 1. The summed E-state index contributed by atoms with van der Waals surface area (Å²) in [5, 5.41) is 1.08. The lowest BCUT2D eigenvalue weighted by atomic mass is 10.1. The number of thiazole rings is 1. The molecular formula is C17H15NOS. The normalized spacial score (nSPS) is 10.4. The van der Waals surface area contributed by atoms with Crippen molar-refractivity contribution in [1.29, 1.82) is 0 Å². The summed E-state index contributed by atoms with van der Waals surface area (Å²) in [6, 6.07) is 18.5. The van der Waals surface area contributed by atoms with Crippen LogP contribution in [0.25, 0.3) is 10.6 Å². The molecule has 0 spiro atoms. The molecule has 0 fully saturated rings. The van der Waals surface area contributed by atoms with E-state index in [1.54, 1.807) is 18.4 Å². The third-order valence-electron chi connectivity index (χ3n) is 3.11. The minimum Gasteiger partial charge on any atom is -0.497 e. The molecule has 1 heterocycles. The number of aromatic nitrogens is 1. The van der Waals surface area contributed by atoms with Crippen molar-refractivity contribution in [1.82, 2.24) is 4.98 Å². The van der Waals surface area contributed by atoms with Crippen LogP contribution in [0, 0.1) is 0 Å². The van der Waals surface area contributed by atoms with Gasteiger partial charge in [0, 0.05) is 23.1 Å². The SMILES string of the molecule is COc1ccc(Cc2cnc(-c3ccccc3)s2)cc1. The van der Waals surface area contributed by atoms with Gasteiger partial charge in [0.2, 0.25) is 0 Å². The first-order valence-corrected chi connectivity index (χ1v) is 7.30. The highest BCUT2D eigenvalue weighted by atomic mass is 32.1. The van der Waals surface area contributed by atoms with Gasteiger partial charge in [-0.1, -0.05) is 42.5 Å². The Morgan fingerprint density at radius 3 is 2.45 bits per heavy atom. The highest BCUT2D eigenvalue weighted by molar-refractivity contribution is 7.15. The minimum atomic E-state index is 0.892. The zero-order valence-corrected chi connectivity index (χ0v) is 12.1. The van der Waals surface area contributed by atoms with Gasteiger partial charge < -0.3 is 4.74 Å². The number of hydrogen-bond acceptors (Lipinski definition) is 3. The lowest BCUT2D eigenvalue weighted by molar-refractivity contribution is 0.414. The molecule has 2 aromatic carbocycles. The summed E-state index contributed by atoms with van der Waals surface area (Å²) in [4.78, 5) is 5.78. The van der Waals surface area contributed by atoms with Crippen molar-refractivity contribution in [3.63, 3.8) is 0 Å². The topological polar surface area (TPSA) is 22.1 Å². The van der Waals surface area contributed by atoms with Crippen LogP contribution >= 0.6 is 11.3 Å². The van der Waals surface area contributed by atoms with Crippen molar-refractivity contribution >= 4 is 11.3 Å². The summed E-state index contributed by atoms with van der Waals surface area (Å²) in [5.41, 5.74) is 2.45. The van der Waals surface area contributed by atoms with Crippen LogP contribution in [0.3, 0.4) is 0 Å². The molecule has 3 aromatic rings. The number of methoxy groups -OCH3 is 1. The van der Waals surface area contributed by atoms with Gasteiger partial charge in [0.25, 0.3) is 0 Å². The average molecular weight is 281 g/mol. The van der Waals surface area contributed by atoms with Gasteiger partial charge in [-0.25, -0.2) is 4.98 Å². The van der Waals surface area contributed by atoms with E-state index in [1.165, 1.54) is 16.0 Å². The van der Waals surface area contributed by atoms with Crippen LogP contribution in [0.5, 0.6) is 5.75 Å². The fourth-order valence-electron chi connectivity index (χ4n) is 2.05. The molecule has 0 N–H and O–H groups in total. The van der Waals surface area contributed by atoms with E-state index < -0.39 is 0 Å². The third-order valence-corrected chi connectivity index (χ3v) is 4.16. The van der Waals surface area contributed by atoms with Gasteiger partial charge in [0.1, 0.15) is 10.8 Å². The second-order valence-corrected chi connectivity index (χ2v) is 5.64. The summed E-state index contributed by atoms with van der Waals surface area (Å²) in [6.07, 6.45) is 2.88. The van der Waals surface area contributed by atoms with Crippen LogP contribution in [0.1, 0.15) is 10.4 Å². The Kier molecular flexibility index (Phi) is 3.79. The lowest BCUT2D eigenvalue weighted by Gasteiger charge is -2.01. The summed E-state index contributed by atoms with van der Waals surface area (Å²) >= 11 is 1.75. The number of rotatable bonds is 4. The fraction of sp³-hybridized carbons (Fsp3) is 0.118. The molecule has 0 saturated carbocycles. The van der Waals surface area contributed by atoms with E-state index in [0.717, 1.165) is 17.2 Å². The molecule has 0 radical (unpaired) electrons. The van der Waals surface area contributed by atoms with Gasteiger partial charge in [-0.3, -0.25) is 0 Å². The van der Waals surface area contributed by atoms with E-state index in [-0.39, 0.29) is 0 Å². The molecule has 1 aromatic heterocycles. The largest absolute Gasteiger partial charge is 0.497 e. The van der Waals surface area contributed by atoms with Gasteiger partial charge in [0.05, 0.1) is 7.11 Å². The molecule has 2 nitrogen and oxygen atoms in total. The van der Waals surface area contributed by atoms with Gasteiger partial charge in [-0.2, -0.15) is 0 Å². The Hall–Kier alpha value is -2.13. The van der Waals surface area contributed by atoms with Crippen LogP contribution in [-0.4, -0.2) is 12.1 Å². The Morgan fingerprint density at radius 1 is 1.00 bits per heavy atom. The molecule has 100 valence electrons. The predicted molar refractivity (Wildman–Crippen MR) is 83.4 cm³/mol. The molecule has 0 saturated heterocycles. The molecule has 0 amide bonds. The van der Waals surface area contributed by atoms with Crippen LogP contribution in [0.15, 0.2) is 60.8 Å². The summed E-state index contributed by atoms with van der Waals surface area (Å²) in [6.45, 7) is 0. The predicted octanol–water partition coefficient (Wildman–Crippen LogP) is 4.41. The summed E-state index contributed by atoms with van der Waals surface area (Å²) in [5.74, 6) is 0.892. The summed E-state index contributed by atoms with van der Waals surface area (Å²) < 4.78 is 5.17. The van der Waals surface area contributed by atoms with Crippen LogP contribution in [0.4, 0.5) is 0 Å². The van der Waals surface area contributed by atoms with E-state index in [1.807, 2.05) is 36.5 Å². The Morgan fingerprint density at radius 2 is 1.75 bits per heavy atom. The molecule has 3 heteroatoms. The maximum atomic E-state index is 5.17. The molecule has 0 aliphatic carbocycles. The molecule has 0 unspecified atom stereocenters. The van der Waals surface area contributed by atoms with E-state index in [2.05, 4.69) is 29.2 Å². The van der Waals surface area contributed by atoms with Crippen molar-refractivity contribution in [2.45, 2.75) is 6.42 Å². The van der Waals surface area contributed by atoms with Gasteiger partial charge in [-0.15, -0.1) is 11.3 Å². The van der Waals surface area contributed by atoms with E-state index in [9.17, 15) is 0 Å². The van der Waals surface area contributed by atoms with E-state index >= 15 is 0 Å². The average Bonchev–Trinajstić information content (AvgIpc) is 2.97. The van der Waals surface area contributed by atoms with Crippen LogP contribution < -0.4 is 4.74 Å². The maximum Gasteiger partial charge on any atom is 0.123 e. The number of benzene rings is 2. The second-order valence-electron chi connectivity index (χ2n) is 4.52. The highest BCUT2D eigenvalue weighted by Crippen LogP contribution is 2.26. The monoisotopic (exact) mass is 281 g/mol. The number of ether oxygens (including phenoxy) is 1. The lowest BCUT2D eigenvalue weighted by Crippen LogP contribution is -1.86. The first-order valence-electron chi connectivity index (χ1n) is 6.48. The zero-order valence-electron chi connectivity index (χ0n) is 11.2.